The van der Waals surface area contributed by atoms with E-state index in [9.17, 15) is 4.39 Å². The van der Waals surface area contributed by atoms with Crippen LogP contribution in [0.3, 0.4) is 0 Å². The van der Waals surface area contributed by atoms with Crippen molar-refractivity contribution in [3.8, 4) is 5.75 Å². The van der Waals surface area contributed by atoms with Crippen molar-refractivity contribution in [2.45, 2.75) is 27.4 Å². The molecule has 2 rings (SSSR count). The maximum absolute atomic E-state index is 13.6. The van der Waals surface area contributed by atoms with E-state index in [1.807, 2.05) is 13.8 Å². The number of ether oxygens (including phenoxy) is 1. The number of aryl methyl sites for hydroxylation is 3. The van der Waals surface area contributed by atoms with Gasteiger partial charge in [0.15, 0.2) is 11.6 Å². The fourth-order valence-electron chi connectivity index (χ4n) is 1.47. The first-order valence-corrected chi connectivity index (χ1v) is 6.20. The lowest BCUT2D eigenvalue weighted by Gasteiger charge is -2.06. The number of benzene rings is 1. The fraction of sp³-hybridized carbons (Fsp3) is 0.308. The standard InChI is InChI=1S/C13H14FNOS/c1-8-5-4-6-11(13(8)14)16-7-12-15-9(2)10(3)17-12/h4-6H,7H2,1-3H3. The van der Waals surface area contributed by atoms with Gasteiger partial charge in [0.25, 0.3) is 0 Å². The molecule has 0 unspecified atom stereocenters. The van der Waals surface area contributed by atoms with Gasteiger partial charge in [-0.15, -0.1) is 11.3 Å². The first-order valence-electron chi connectivity index (χ1n) is 5.38. The van der Waals surface area contributed by atoms with Crippen LogP contribution in [0.1, 0.15) is 21.1 Å². The SMILES string of the molecule is Cc1cccc(OCc2nc(C)c(C)s2)c1F. The lowest BCUT2D eigenvalue weighted by Crippen LogP contribution is -1.98. The highest BCUT2D eigenvalue weighted by Gasteiger charge is 2.08. The zero-order chi connectivity index (χ0) is 12.4. The lowest BCUT2D eigenvalue weighted by molar-refractivity contribution is 0.289. The van der Waals surface area contributed by atoms with Crippen molar-refractivity contribution in [3.05, 3.63) is 45.2 Å². The van der Waals surface area contributed by atoms with Crippen molar-refractivity contribution in [2.75, 3.05) is 0 Å². The molecule has 4 heteroatoms. The highest BCUT2D eigenvalue weighted by molar-refractivity contribution is 7.11. The highest BCUT2D eigenvalue weighted by atomic mass is 32.1. The van der Waals surface area contributed by atoms with Gasteiger partial charge in [0.2, 0.25) is 0 Å². The van der Waals surface area contributed by atoms with Crippen LogP contribution in [0.2, 0.25) is 0 Å². The second-order valence-corrected chi connectivity index (χ2v) is 5.21. The molecule has 0 amide bonds. The van der Waals surface area contributed by atoms with E-state index in [0.29, 0.717) is 12.2 Å². The van der Waals surface area contributed by atoms with Gasteiger partial charge in [-0.1, -0.05) is 12.1 Å². The Morgan fingerprint density at radius 1 is 1.29 bits per heavy atom. The third-order valence-electron chi connectivity index (χ3n) is 2.58. The van der Waals surface area contributed by atoms with E-state index in [1.165, 1.54) is 4.88 Å². The summed E-state index contributed by atoms with van der Waals surface area (Å²) < 4.78 is 19.1. The summed E-state index contributed by atoms with van der Waals surface area (Å²) in [5.74, 6) is -0.00648. The van der Waals surface area contributed by atoms with E-state index in [-0.39, 0.29) is 11.6 Å². The second-order valence-electron chi connectivity index (χ2n) is 3.92. The van der Waals surface area contributed by atoms with Crippen LogP contribution >= 0.6 is 11.3 Å². The molecule has 0 aliphatic carbocycles. The summed E-state index contributed by atoms with van der Waals surface area (Å²) in [6.07, 6.45) is 0. The maximum Gasteiger partial charge on any atom is 0.167 e. The Hall–Kier alpha value is -1.42. The number of nitrogens with zero attached hydrogens (tertiary/aromatic N) is 1. The van der Waals surface area contributed by atoms with Crippen molar-refractivity contribution in [1.29, 1.82) is 0 Å². The van der Waals surface area contributed by atoms with Crippen LogP contribution in [0.15, 0.2) is 18.2 Å². The number of aromatic nitrogens is 1. The molecule has 90 valence electrons. The molecule has 2 nitrogen and oxygen atoms in total. The predicted molar refractivity (Wildman–Crippen MR) is 67.1 cm³/mol. The van der Waals surface area contributed by atoms with Crippen LogP contribution in [0.4, 0.5) is 4.39 Å². The van der Waals surface area contributed by atoms with Crippen molar-refractivity contribution in [2.24, 2.45) is 0 Å². The first kappa shape index (κ1) is 12.0. The Kier molecular flexibility index (Phi) is 3.43. The van der Waals surface area contributed by atoms with Crippen molar-refractivity contribution in [3.63, 3.8) is 0 Å². The van der Waals surface area contributed by atoms with Gasteiger partial charge in [-0.2, -0.15) is 0 Å². The van der Waals surface area contributed by atoms with Gasteiger partial charge < -0.3 is 4.74 Å². The molecule has 0 N–H and O–H groups in total. The first-order chi connectivity index (χ1) is 8.08. The fourth-order valence-corrected chi connectivity index (χ4v) is 2.32. The Labute approximate surface area is 104 Å². The topological polar surface area (TPSA) is 22.1 Å². The Balaban J connectivity index is 2.10. The van der Waals surface area contributed by atoms with E-state index in [0.717, 1.165) is 10.7 Å². The number of hydrogen-bond acceptors (Lipinski definition) is 3. The molecule has 0 radical (unpaired) electrons. The summed E-state index contributed by atoms with van der Waals surface area (Å²) in [5, 5.41) is 0.876. The Morgan fingerprint density at radius 2 is 2.06 bits per heavy atom. The quantitative estimate of drug-likeness (QED) is 0.828. The van der Waals surface area contributed by atoms with Crippen molar-refractivity contribution >= 4 is 11.3 Å². The van der Waals surface area contributed by atoms with Crippen LogP contribution in [0.25, 0.3) is 0 Å². The van der Waals surface area contributed by atoms with Crippen molar-refractivity contribution in [1.82, 2.24) is 4.98 Å². The van der Waals surface area contributed by atoms with E-state index in [1.54, 1.807) is 36.5 Å². The number of halogens is 1. The number of rotatable bonds is 3. The minimum atomic E-state index is -0.294. The van der Waals surface area contributed by atoms with Crippen molar-refractivity contribution < 1.29 is 9.13 Å². The van der Waals surface area contributed by atoms with E-state index in [4.69, 9.17) is 4.74 Å². The summed E-state index contributed by atoms with van der Waals surface area (Å²) in [6, 6.07) is 5.14. The highest BCUT2D eigenvalue weighted by Crippen LogP contribution is 2.22. The van der Waals surface area contributed by atoms with E-state index >= 15 is 0 Å². The molecule has 0 atom stereocenters. The molecule has 0 saturated heterocycles. The Morgan fingerprint density at radius 3 is 2.71 bits per heavy atom. The summed E-state index contributed by atoms with van der Waals surface area (Å²) in [4.78, 5) is 5.52. The summed E-state index contributed by atoms with van der Waals surface area (Å²) in [7, 11) is 0. The summed E-state index contributed by atoms with van der Waals surface area (Å²) in [5.41, 5.74) is 1.60. The van der Waals surface area contributed by atoms with Crippen LogP contribution in [0, 0.1) is 26.6 Å². The van der Waals surface area contributed by atoms with Gasteiger partial charge in [0.1, 0.15) is 11.6 Å². The van der Waals surface area contributed by atoms with Gasteiger partial charge in [-0.05, 0) is 32.4 Å². The average molecular weight is 251 g/mol. The van der Waals surface area contributed by atoms with Gasteiger partial charge >= 0.3 is 0 Å². The number of thiazole rings is 1. The molecule has 0 spiro atoms. The molecule has 2 aromatic rings. The third kappa shape index (κ3) is 2.64. The molecule has 0 aliphatic heterocycles. The van der Waals surface area contributed by atoms with Crippen LogP contribution in [-0.4, -0.2) is 4.98 Å². The van der Waals surface area contributed by atoms with E-state index < -0.39 is 0 Å². The van der Waals surface area contributed by atoms with Gasteiger partial charge in [0, 0.05) is 4.88 Å². The predicted octanol–water partition coefficient (Wildman–Crippen LogP) is 3.79. The molecule has 0 saturated carbocycles. The summed E-state index contributed by atoms with van der Waals surface area (Å²) in [6.45, 7) is 6.02. The molecule has 17 heavy (non-hydrogen) atoms. The molecule has 0 aliphatic rings. The molecule has 0 bridgehead atoms. The zero-order valence-electron chi connectivity index (χ0n) is 10.1. The van der Waals surface area contributed by atoms with Gasteiger partial charge in [-0.3, -0.25) is 0 Å². The number of hydrogen-bond donors (Lipinski definition) is 0. The van der Waals surface area contributed by atoms with Crippen LogP contribution in [0.5, 0.6) is 5.75 Å². The minimum absolute atomic E-state index is 0.288. The monoisotopic (exact) mass is 251 g/mol. The third-order valence-corrected chi connectivity index (χ3v) is 3.63. The molecule has 1 aromatic carbocycles. The van der Waals surface area contributed by atoms with Gasteiger partial charge in [-0.25, -0.2) is 9.37 Å². The average Bonchev–Trinajstić information content (AvgIpc) is 2.61. The largest absolute Gasteiger partial charge is 0.483 e. The maximum atomic E-state index is 13.6. The smallest absolute Gasteiger partial charge is 0.167 e. The minimum Gasteiger partial charge on any atom is -0.483 e. The van der Waals surface area contributed by atoms with Crippen LogP contribution in [-0.2, 0) is 6.61 Å². The molecule has 1 heterocycles. The molecule has 1 aromatic heterocycles. The molecular formula is C13H14FNOS. The van der Waals surface area contributed by atoms with Gasteiger partial charge in [0.05, 0.1) is 5.69 Å². The Bertz CT molecular complexity index is 517. The second kappa shape index (κ2) is 4.84. The molecule has 0 fully saturated rings. The molecular weight excluding hydrogens is 237 g/mol. The normalized spacial score (nSPS) is 10.6. The zero-order valence-corrected chi connectivity index (χ0v) is 10.9. The van der Waals surface area contributed by atoms with E-state index in [2.05, 4.69) is 4.98 Å². The van der Waals surface area contributed by atoms with Crippen LogP contribution < -0.4 is 4.74 Å². The summed E-state index contributed by atoms with van der Waals surface area (Å²) >= 11 is 1.59. The lowest BCUT2D eigenvalue weighted by atomic mass is 10.2.